The first-order valence-electron chi connectivity index (χ1n) is 8.70. The Morgan fingerprint density at radius 1 is 1.03 bits per heavy atom. The van der Waals surface area contributed by atoms with Crippen LogP contribution in [0.25, 0.3) is 11.3 Å². The fourth-order valence-electron chi connectivity index (χ4n) is 2.84. The zero-order valence-corrected chi connectivity index (χ0v) is 17.1. The topological polar surface area (TPSA) is 108 Å². The van der Waals surface area contributed by atoms with E-state index in [2.05, 4.69) is 10.5 Å². The van der Waals surface area contributed by atoms with Gasteiger partial charge in [-0.15, -0.1) is 0 Å². The van der Waals surface area contributed by atoms with Gasteiger partial charge in [0.15, 0.2) is 0 Å². The van der Waals surface area contributed by atoms with Crippen LogP contribution in [0.15, 0.2) is 47.0 Å². The van der Waals surface area contributed by atoms with Crippen molar-refractivity contribution in [3.05, 3.63) is 69.9 Å². The minimum Gasteiger partial charge on any atom is -0.465 e. The van der Waals surface area contributed by atoms with Gasteiger partial charge in [0.1, 0.15) is 17.0 Å². The second kappa shape index (κ2) is 8.79. The van der Waals surface area contributed by atoms with E-state index in [1.165, 1.54) is 32.4 Å². The van der Waals surface area contributed by atoms with Crippen LogP contribution in [0, 0.1) is 6.92 Å². The maximum Gasteiger partial charge on any atom is 0.339 e. The van der Waals surface area contributed by atoms with E-state index in [0.29, 0.717) is 10.6 Å². The van der Waals surface area contributed by atoms with Crippen LogP contribution in [0.4, 0.5) is 5.69 Å². The van der Waals surface area contributed by atoms with E-state index in [4.69, 9.17) is 25.6 Å². The molecule has 0 saturated heterocycles. The highest BCUT2D eigenvalue weighted by molar-refractivity contribution is 6.33. The molecule has 9 heteroatoms. The van der Waals surface area contributed by atoms with Gasteiger partial charge in [-0.3, -0.25) is 4.79 Å². The van der Waals surface area contributed by atoms with Crippen molar-refractivity contribution < 1.29 is 28.4 Å². The van der Waals surface area contributed by atoms with Gasteiger partial charge >= 0.3 is 11.9 Å². The standard InChI is InChI=1S/C21H17ClN2O6/c1-11-17(18(24-30-11)13-6-4-5-7-15(13)22)19(25)23-16-10-12(20(26)28-2)8-9-14(16)21(27)29-3/h4-10H,1-3H3,(H,23,25). The van der Waals surface area contributed by atoms with Gasteiger partial charge in [-0.1, -0.05) is 35.0 Å². The highest BCUT2D eigenvalue weighted by Gasteiger charge is 2.25. The SMILES string of the molecule is COC(=O)c1ccc(C(=O)OC)c(NC(=O)c2c(-c3ccccc3Cl)noc2C)c1. The number of amides is 1. The molecular formula is C21H17ClN2O6. The number of benzene rings is 2. The van der Waals surface area contributed by atoms with Gasteiger partial charge in [0.25, 0.3) is 5.91 Å². The number of hydrogen-bond donors (Lipinski definition) is 1. The minimum atomic E-state index is -0.685. The van der Waals surface area contributed by atoms with Crippen LogP contribution >= 0.6 is 11.6 Å². The average Bonchev–Trinajstić information content (AvgIpc) is 3.14. The third-order valence-corrected chi connectivity index (χ3v) is 4.64. The van der Waals surface area contributed by atoms with Gasteiger partial charge in [-0.2, -0.15) is 0 Å². The van der Waals surface area contributed by atoms with Gasteiger partial charge < -0.3 is 19.3 Å². The fourth-order valence-corrected chi connectivity index (χ4v) is 3.07. The van der Waals surface area contributed by atoms with Gasteiger partial charge in [0.2, 0.25) is 0 Å². The van der Waals surface area contributed by atoms with Crippen molar-refractivity contribution in [3.8, 4) is 11.3 Å². The number of hydrogen-bond acceptors (Lipinski definition) is 7. The Bertz CT molecular complexity index is 1140. The van der Waals surface area contributed by atoms with Gasteiger partial charge in [0.05, 0.1) is 36.1 Å². The molecule has 154 valence electrons. The first-order valence-corrected chi connectivity index (χ1v) is 9.08. The number of carbonyl (C=O) groups excluding carboxylic acids is 3. The number of esters is 2. The summed E-state index contributed by atoms with van der Waals surface area (Å²) in [6, 6.07) is 11.0. The molecule has 1 heterocycles. The van der Waals surface area contributed by atoms with E-state index in [1.54, 1.807) is 31.2 Å². The van der Waals surface area contributed by atoms with Crippen molar-refractivity contribution >= 4 is 35.1 Å². The summed E-state index contributed by atoms with van der Waals surface area (Å²) in [6.07, 6.45) is 0. The van der Waals surface area contributed by atoms with Crippen molar-refractivity contribution in [3.63, 3.8) is 0 Å². The third-order valence-electron chi connectivity index (χ3n) is 4.31. The molecular weight excluding hydrogens is 412 g/mol. The zero-order valence-electron chi connectivity index (χ0n) is 16.3. The number of halogens is 1. The predicted octanol–water partition coefficient (Wildman–Crippen LogP) is 4.13. The molecule has 0 aliphatic heterocycles. The Kier molecular flexibility index (Phi) is 6.17. The summed E-state index contributed by atoms with van der Waals surface area (Å²) in [4.78, 5) is 37.1. The Morgan fingerprint density at radius 3 is 2.40 bits per heavy atom. The van der Waals surface area contributed by atoms with Crippen molar-refractivity contribution in [1.82, 2.24) is 5.16 Å². The van der Waals surface area contributed by atoms with Crippen LogP contribution in [0.2, 0.25) is 5.02 Å². The molecule has 1 amide bonds. The number of anilines is 1. The number of rotatable bonds is 5. The monoisotopic (exact) mass is 428 g/mol. The third kappa shape index (κ3) is 4.04. The molecule has 0 atom stereocenters. The summed E-state index contributed by atoms with van der Waals surface area (Å²) < 4.78 is 14.7. The molecule has 1 aromatic heterocycles. The predicted molar refractivity (Wildman–Crippen MR) is 109 cm³/mol. The minimum absolute atomic E-state index is 0.0619. The van der Waals surface area contributed by atoms with Gasteiger partial charge in [-0.05, 0) is 31.2 Å². The molecule has 3 aromatic rings. The van der Waals surface area contributed by atoms with Crippen molar-refractivity contribution in [1.29, 1.82) is 0 Å². The van der Waals surface area contributed by atoms with E-state index in [1.807, 2.05) is 0 Å². The number of nitrogens with one attached hydrogen (secondary N) is 1. The molecule has 2 aromatic carbocycles. The number of aromatic nitrogens is 1. The first kappa shape index (κ1) is 21.1. The van der Waals surface area contributed by atoms with Crippen molar-refractivity contribution in [2.75, 3.05) is 19.5 Å². The number of ether oxygens (including phenoxy) is 2. The molecule has 0 radical (unpaired) electrons. The summed E-state index contributed by atoms with van der Waals surface area (Å²) in [5.74, 6) is -1.66. The summed E-state index contributed by atoms with van der Waals surface area (Å²) in [6.45, 7) is 1.58. The lowest BCUT2D eigenvalue weighted by molar-refractivity contribution is 0.0587. The molecule has 0 saturated carbocycles. The molecule has 0 fully saturated rings. The Balaban J connectivity index is 2.05. The summed E-state index contributed by atoms with van der Waals surface area (Å²) >= 11 is 6.24. The van der Waals surface area contributed by atoms with Crippen LogP contribution in [0.5, 0.6) is 0 Å². The largest absolute Gasteiger partial charge is 0.465 e. The second-order valence-corrected chi connectivity index (χ2v) is 6.55. The van der Waals surface area contributed by atoms with E-state index in [-0.39, 0.29) is 33.8 Å². The normalized spacial score (nSPS) is 10.4. The summed E-state index contributed by atoms with van der Waals surface area (Å²) in [7, 11) is 2.44. The van der Waals surface area contributed by atoms with Crippen molar-refractivity contribution in [2.24, 2.45) is 0 Å². The number of methoxy groups -OCH3 is 2. The zero-order chi connectivity index (χ0) is 21.8. The number of carbonyl (C=O) groups is 3. The number of aryl methyl sites for hydroxylation is 1. The van der Waals surface area contributed by atoms with E-state index >= 15 is 0 Å². The molecule has 30 heavy (non-hydrogen) atoms. The van der Waals surface area contributed by atoms with Crippen LogP contribution < -0.4 is 5.32 Å². The Hall–Kier alpha value is -3.65. The molecule has 0 bridgehead atoms. The second-order valence-electron chi connectivity index (χ2n) is 6.14. The maximum atomic E-state index is 13.1. The lowest BCUT2D eigenvalue weighted by atomic mass is 10.0. The molecule has 0 aliphatic carbocycles. The van der Waals surface area contributed by atoms with Crippen LogP contribution in [-0.2, 0) is 9.47 Å². The smallest absolute Gasteiger partial charge is 0.339 e. The first-order chi connectivity index (χ1) is 14.4. The fraction of sp³-hybridized carbons (Fsp3) is 0.143. The molecule has 3 rings (SSSR count). The van der Waals surface area contributed by atoms with E-state index in [0.717, 1.165) is 0 Å². The molecule has 0 unspecified atom stereocenters. The molecule has 0 aliphatic rings. The lowest BCUT2D eigenvalue weighted by Gasteiger charge is -2.12. The van der Waals surface area contributed by atoms with Crippen LogP contribution in [-0.4, -0.2) is 37.2 Å². The van der Waals surface area contributed by atoms with Crippen molar-refractivity contribution in [2.45, 2.75) is 6.92 Å². The van der Waals surface area contributed by atoms with E-state index < -0.39 is 17.8 Å². The highest BCUT2D eigenvalue weighted by atomic mass is 35.5. The maximum absolute atomic E-state index is 13.1. The van der Waals surface area contributed by atoms with Gasteiger partial charge in [-0.25, -0.2) is 9.59 Å². The van der Waals surface area contributed by atoms with Crippen LogP contribution in [0.1, 0.15) is 36.8 Å². The Morgan fingerprint density at radius 2 is 1.73 bits per heavy atom. The Labute approximate surface area is 176 Å². The van der Waals surface area contributed by atoms with Gasteiger partial charge in [0, 0.05) is 5.56 Å². The summed E-state index contributed by atoms with van der Waals surface area (Å²) in [5.41, 5.74) is 1.18. The van der Waals surface area contributed by atoms with E-state index in [9.17, 15) is 14.4 Å². The highest BCUT2D eigenvalue weighted by Crippen LogP contribution is 2.32. The average molecular weight is 429 g/mol. The quantitative estimate of drug-likeness (QED) is 0.608. The molecule has 8 nitrogen and oxygen atoms in total. The molecule has 0 spiro atoms. The molecule has 1 N–H and O–H groups in total. The van der Waals surface area contributed by atoms with Crippen LogP contribution in [0.3, 0.4) is 0 Å². The summed E-state index contributed by atoms with van der Waals surface area (Å²) in [5, 5.41) is 6.98. The lowest BCUT2D eigenvalue weighted by Crippen LogP contribution is -2.17. The number of nitrogens with zero attached hydrogens (tertiary/aromatic N) is 1.